The van der Waals surface area contributed by atoms with Crippen molar-refractivity contribution in [2.75, 3.05) is 6.54 Å². The molecule has 2 aliphatic heterocycles. The molecule has 4 nitrogen and oxygen atoms in total. The van der Waals surface area contributed by atoms with Gasteiger partial charge in [0.15, 0.2) is 0 Å². The van der Waals surface area contributed by atoms with Crippen molar-refractivity contribution in [3.63, 3.8) is 0 Å². The molecule has 0 bridgehead atoms. The number of carbonyl (C=O) groups is 1. The van der Waals surface area contributed by atoms with Crippen LogP contribution in [-0.4, -0.2) is 39.8 Å². The van der Waals surface area contributed by atoms with Gasteiger partial charge in [0, 0.05) is 6.54 Å². The lowest BCUT2D eigenvalue weighted by atomic mass is 9.85. The van der Waals surface area contributed by atoms with Crippen molar-refractivity contribution in [3.8, 4) is 0 Å². The maximum absolute atomic E-state index is 12.2. The number of rotatable bonds is 0. The molecule has 1 aliphatic carbocycles. The first-order valence-corrected chi connectivity index (χ1v) is 6.36. The fraction of sp³-hybridized carbons (Fsp3) is 0.917. The third-order valence-electron chi connectivity index (χ3n) is 4.83. The number of hydrogen-bond acceptors (Lipinski definition) is 3. The second kappa shape index (κ2) is 3.20. The van der Waals surface area contributed by atoms with E-state index in [9.17, 15) is 9.90 Å². The van der Waals surface area contributed by atoms with E-state index in [2.05, 4.69) is 5.32 Å². The van der Waals surface area contributed by atoms with Crippen LogP contribution in [0.3, 0.4) is 0 Å². The number of aliphatic hydroxyl groups excluding tert-OH is 1. The van der Waals surface area contributed by atoms with Gasteiger partial charge in [0.05, 0.1) is 11.1 Å². The second-order valence-corrected chi connectivity index (χ2v) is 5.76. The van der Waals surface area contributed by atoms with Gasteiger partial charge in [0.1, 0.15) is 6.23 Å². The van der Waals surface area contributed by atoms with Crippen molar-refractivity contribution in [2.45, 2.75) is 62.8 Å². The van der Waals surface area contributed by atoms with Crippen LogP contribution in [0.4, 0.5) is 0 Å². The summed E-state index contributed by atoms with van der Waals surface area (Å²) in [5.41, 5.74) is -0.811. The molecule has 2 saturated heterocycles. The van der Waals surface area contributed by atoms with Gasteiger partial charge in [-0.05, 0) is 32.6 Å². The number of amides is 1. The topological polar surface area (TPSA) is 52.6 Å². The van der Waals surface area contributed by atoms with E-state index in [4.69, 9.17) is 0 Å². The molecule has 3 fully saturated rings. The second-order valence-electron chi connectivity index (χ2n) is 5.76. The Morgan fingerprint density at radius 2 is 2.00 bits per heavy atom. The molecular formula is C12H20N2O2. The highest BCUT2D eigenvalue weighted by atomic mass is 16.3. The van der Waals surface area contributed by atoms with E-state index in [1.807, 2.05) is 11.8 Å². The minimum absolute atomic E-state index is 0.122. The van der Waals surface area contributed by atoms with Crippen LogP contribution < -0.4 is 5.32 Å². The van der Waals surface area contributed by atoms with Crippen LogP contribution in [0, 0.1) is 0 Å². The number of aliphatic hydroxyl groups is 1. The lowest BCUT2D eigenvalue weighted by Crippen LogP contribution is -2.74. The first-order chi connectivity index (χ1) is 7.58. The van der Waals surface area contributed by atoms with Crippen molar-refractivity contribution in [1.29, 1.82) is 0 Å². The predicted octanol–water partition coefficient (Wildman–Crippen LogP) is 0.602. The number of nitrogens with zero attached hydrogens (tertiary/aromatic N) is 1. The zero-order chi connectivity index (χ0) is 11.4. The van der Waals surface area contributed by atoms with Crippen LogP contribution in [0.2, 0.25) is 0 Å². The number of carbonyl (C=O) groups excluding carboxylic acids is 1. The van der Waals surface area contributed by atoms with Gasteiger partial charge in [-0.1, -0.05) is 12.8 Å². The highest BCUT2D eigenvalue weighted by Gasteiger charge is 2.58. The van der Waals surface area contributed by atoms with Crippen molar-refractivity contribution in [1.82, 2.24) is 10.2 Å². The lowest BCUT2D eigenvalue weighted by molar-refractivity contribution is -0.165. The van der Waals surface area contributed by atoms with Gasteiger partial charge < -0.3 is 10.4 Å². The summed E-state index contributed by atoms with van der Waals surface area (Å²) in [6, 6.07) is 0. The van der Waals surface area contributed by atoms with E-state index in [1.165, 1.54) is 0 Å². The van der Waals surface area contributed by atoms with E-state index in [0.717, 1.165) is 45.1 Å². The Morgan fingerprint density at radius 1 is 1.31 bits per heavy atom. The Balaban J connectivity index is 1.96. The molecule has 0 aromatic heterocycles. The van der Waals surface area contributed by atoms with E-state index in [-0.39, 0.29) is 11.4 Å². The smallest absolute Gasteiger partial charge is 0.240 e. The molecule has 0 radical (unpaired) electrons. The van der Waals surface area contributed by atoms with Crippen molar-refractivity contribution < 1.29 is 9.90 Å². The summed E-state index contributed by atoms with van der Waals surface area (Å²) >= 11 is 0. The summed E-state index contributed by atoms with van der Waals surface area (Å²) in [4.78, 5) is 14.3. The maximum atomic E-state index is 12.2. The van der Waals surface area contributed by atoms with Crippen LogP contribution >= 0.6 is 0 Å². The molecule has 1 saturated carbocycles. The molecule has 2 atom stereocenters. The van der Waals surface area contributed by atoms with Gasteiger partial charge in [-0.15, -0.1) is 0 Å². The highest BCUT2D eigenvalue weighted by Crippen LogP contribution is 2.43. The van der Waals surface area contributed by atoms with Crippen LogP contribution in [0.1, 0.15) is 45.4 Å². The Kier molecular flexibility index (Phi) is 2.11. The third-order valence-corrected chi connectivity index (χ3v) is 4.83. The fourth-order valence-electron chi connectivity index (χ4n) is 3.73. The number of fused-ring (bicyclic) bond motifs is 1. The predicted molar refractivity (Wildman–Crippen MR) is 59.7 cm³/mol. The first-order valence-electron chi connectivity index (χ1n) is 6.36. The van der Waals surface area contributed by atoms with Crippen LogP contribution in [-0.2, 0) is 4.79 Å². The monoisotopic (exact) mass is 224 g/mol. The van der Waals surface area contributed by atoms with Gasteiger partial charge >= 0.3 is 0 Å². The van der Waals surface area contributed by atoms with Crippen LogP contribution in [0.15, 0.2) is 0 Å². The molecule has 16 heavy (non-hydrogen) atoms. The Labute approximate surface area is 96.0 Å². The molecule has 0 aromatic rings. The Bertz CT molecular complexity index is 325. The maximum Gasteiger partial charge on any atom is 0.240 e. The molecule has 3 rings (SSSR count). The van der Waals surface area contributed by atoms with Gasteiger partial charge in [0.25, 0.3) is 0 Å². The molecule has 90 valence electrons. The summed E-state index contributed by atoms with van der Waals surface area (Å²) in [7, 11) is 0. The van der Waals surface area contributed by atoms with E-state index < -0.39 is 11.8 Å². The summed E-state index contributed by atoms with van der Waals surface area (Å²) in [6.45, 7) is 2.81. The minimum Gasteiger partial charge on any atom is -0.376 e. The fourth-order valence-corrected chi connectivity index (χ4v) is 3.73. The molecule has 0 aromatic carbocycles. The number of piperazine rings is 1. The quantitative estimate of drug-likeness (QED) is 0.633. The Morgan fingerprint density at radius 3 is 2.69 bits per heavy atom. The van der Waals surface area contributed by atoms with Crippen molar-refractivity contribution >= 4 is 5.91 Å². The summed E-state index contributed by atoms with van der Waals surface area (Å²) in [5.74, 6) is 0.122. The summed E-state index contributed by atoms with van der Waals surface area (Å²) in [6.07, 6.45) is 5.46. The van der Waals surface area contributed by atoms with Crippen molar-refractivity contribution in [2.24, 2.45) is 0 Å². The van der Waals surface area contributed by atoms with E-state index >= 15 is 0 Å². The van der Waals surface area contributed by atoms with Gasteiger partial charge in [0.2, 0.25) is 5.91 Å². The summed E-state index contributed by atoms with van der Waals surface area (Å²) in [5, 5.41) is 13.6. The molecule has 1 amide bonds. The van der Waals surface area contributed by atoms with Crippen LogP contribution in [0.25, 0.3) is 0 Å². The first kappa shape index (κ1) is 10.5. The number of hydrogen-bond donors (Lipinski definition) is 2. The average molecular weight is 224 g/mol. The van der Waals surface area contributed by atoms with E-state index in [1.54, 1.807) is 0 Å². The molecule has 1 unspecified atom stereocenters. The molecule has 2 heterocycles. The SMILES string of the molecule is C[C@@]12CCCN1C(O)C1(CCCC1)NC2=O. The van der Waals surface area contributed by atoms with Crippen LogP contribution in [0.5, 0.6) is 0 Å². The summed E-state index contributed by atoms with van der Waals surface area (Å²) < 4.78 is 0. The Hall–Kier alpha value is -0.610. The zero-order valence-electron chi connectivity index (χ0n) is 9.83. The van der Waals surface area contributed by atoms with Gasteiger partial charge in [-0.2, -0.15) is 0 Å². The standard InChI is InChI=1S/C12H20N2O2/c1-11-5-4-8-14(11)10(16)12(13-9(11)15)6-2-3-7-12/h10,16H,2-8H2,1H3,(H,13,15)/t10?,11-/m0/s1. The van der Waals surface area contributed by atoms with Gasteiger partial charge in [-0.25, -0.2) is 0 Å². The average Bonchev–Trinajstić information content (AvgIpc) is 2.84. The van der Waals surface area contributed by atoms with Gasteiger partial charge in [-0.3, -0.25) is 9.69 Å². The normalized spacial score (nSPS) is 42.4. The zero-order valence-corrected chi connectivity index (χ0v) is 9.83. The molecule has 1 spiro atoms. The minimum atomic E-state index is -0.486. The third kappa shape index (κ3) is 1.14. The molecule has 2 N–H and O–H groups in total. The molecule has 4 heteroatoms. The lowest BCUT2D eigenvalue weighted by Gasteiger charge is -2.51. The largest absolute Gasteiger partial charge is 0.376 e. The van der Waals surface area contributed by atoms with Crippen molar-refractivity contribution in [3.05, 3.63) is 0 Å². The number of nitrogens with one attached hydrogen (secondary N) is 1. The molecule has 3 aliphatic rings. The highest BCUT2D eigenvalue weighted by molar-refractivity contribution is 5.88. The molecular weight excluding hydrogens is 204 g/mol. The van der Waals surface area contributed by atoms with E-state index in [0.29, 0.717) is 0 Å².